The zero-order valence-corrected chi connectivity index (χ0v) is 29.2. The van der Waals surface area contributed by atoms with Crippen molar-refractivity contribution in [3.63, 3.8) is 0 Å². The Labute approximate surface area is 277 Å². The second-order valence-corrected chi connectivity index (χ2v) is 14.2. The zero-order chi connectivity index (χ0) is 33.0. The standard InChI is InChI=1S/C38H57N5O3/c1-7-41(8-2)32-17-18-34(42(9-3)10-4)39-37(32)43-22-20-40(21-23-43)26-33(45)31-25-38(6)19-11-12-28(35(38)36(31)46)14-15-29-24-30(44)16-13-27(29)5/h13,16-18,24,28,31,35,44H,7-12,14-15,19-23,25-26H2,1-6H3. The highest BCUT2D eigenvalue weighted by Gasteiger charge is 2.56. The molecule has 4 atom stereocenters. The quantitative estimate of drug-likeness (QED) is 0.265. The van der Waals surface area contributed by atoms with Crippen LogP contribution in [0.3, 0.4) is 0 Å². The van der Waals surface area contributed by atoms with E-state index in [1.54, 1.807) is 6.07 Å². The van der Waals surface area contributed by atoms with Gasteiger partial charge in [-0.2, -0.15) is 0 Å². The van der Waals surface area contributed by atoms with Crippen LogP contribution in [0.15, 0.2) is 30.3 Å². The van der Waals surface area contributed by atoms with Gasteiger partial charge in [0, 0.05) is 58.3 Å². The van der Waals surface area contributed by atoms with Crippen LogP contribution in [0, 0.1) is 30.1 Å². The number of benzene rings is 1. The summed E-state index contributed by atoms with van der Waals surface area (Å²) >= 11 is 0. The first-order chi connectivity index (χ1) is 22.1. The highest BCUT2D eigenvalue weighted by atomic mass is 16.3. The predicted molar refractivity (Wildman–Crippen MR) is 188 cm³/mol. The van der Waals surface area contributed by atoms with E-state index in [0.717, 1.165) is 102 Å². The first-order valence-corrected chi connectivity index (χ1v) is 18.0. The normalized spacial score (nSPS) is 25.0. The number of pyridine rings is 1. The van der Waals surface area contributed by atoms with Crippen molar-refractivity contribution in [2.24, 2.45) is 23.2 Å². The van der Waals surface area contributed by atoms with Gasteiger partial charge < -0.3 is 19.8 Å². The minimum absolute atomic E-state index is 0.0349. The Kier molecular flexibility index (Phi) is 11.0. The Balaban J connectivity index is 1.22. The molecule has 0 bridgehead atoms. The number of phenolic OH excluding ortho intramolecular Hbond substituents is 1. The molecule has 8 heteroatoms. The molecular formula is C38H57N5O3. The topological polar surface area (TPSA) is 80.2 Å². The number of anilines is 3. The second kappa shape index (κ2) is 14.7. The van der Waals surface area contributed by atoms with Gasteiger partial charge in [0.25, 0.3) is 0 Å². The van der Waals surface area contributed by atoms with Crippen LogP contribution in [0.1, 0.15) is 77.8 Å². The van der Waals surface area contributed by atoms with Crippen LogP contribution in [0.25, 0.3) is 0 Å². The molecule has 2 aromatic rings. The minimum atomic E-state index is -0.474. The Morgan fingerprint density at radius 3 is 2.37 bits per heavy atom. The molecule has 0 amide bonds. The summed E-state index contributed by atoms with van der Waals surface area (Å²) in [5.74, 6) is 2.45. The van der Waals surface area contributed by atoms with Gasteiger partial charge in [0.15, 0.2) is 11.6 Å². The minimum Gasteiger partial charge on any atom is -0.508 e. The van der Waals surface area contributed by atoms with Gasteiger partial charge in [-0.15, -0.1) is 0 Å². The van der Waals surface area contributed by atoms with Crippen LogP contribution in [0.4, 0.5) is 17.3 Å². The number of aromatic nitrogens is 1. The van der Waals surface area contributed by atoms with Crippen molar-refractivity contribution in [1.82, 2.24) is 9.88 Å². The first kappa shape index (κ1) is 34.2. The van der Waals surface area contributed by atoms with E-state index in [2.05, 4.69) is 73.3 Å². The van der Waals surface area contributed by atoms with Crippen molar-refractivity contribution in [2.45, 2.75) is 80.1 Å². The van der Waals surface area contributed by atoms with Crippen molar-refractivity contribution in [2.75, 3.05) is 73.6 Å². The molecule has 8 nitrogen and oxygen atoms in total. The maximum Gasteiger partial charge on any atom is 0.157 e. The number of carbonyl (C=O) groups excluding carboxylic acids is 2. The number of phenols is 1. The molecule has 2 heterocycles. The molecule has 1 saturated heterocycles. The third kappa shape index (κ3) is 7.07. The van der Waals surface area contributed by atoms with Crippen LogP contribution in [-0.4, -0.2) is 85.5 Å². The molecule has 2 aliphatic carbocycles. The average molecular weight is 632 g/mol. The Morgan fingerprint density at radius 1 is 1.00 bits per heavy atom. The molecule has 0 radical (unpaired) electrons. The van der Waals surface area contributed by atoms with E-state index in [0.29, 0.717) is 24.6 Å². The van der Waals surface area contributed by atoms with Crippen LogP contribution in [0.2, 0.25) is 0 Å². The van der Waals surface area contributed by atoms with E-state index >= 15 is 0 Å². The number of nitrogens with zero attached hydrogens (tertiary/aromatic N) is 5. The van der Waals surface area contributed by atoms with E-state index in [4.69, 9.17) is 4.98 Å². The molecule has 1 aromatic carbocycles. The number of hydrogen-bond acceptors (Lipinski definition) is 8. The predicted octanol–water partition coefficient (Wildman–Crippen LogP) is 6.12. The van der Waals surface area contributed by atoms with Crippen molar-refractivity contribution in [1.29, 1.82) is 0 Å². The average Bonchev–Trinajstić information content (AvgIpc) is 3.34. The maximum absolute atomic E-state index is 14.0. The van der Waals surface area contributed by atoms with Crippen LogP contribution >= 0.6 is 0 Å². The molecule has 0 spiro atoms. The third-order valence-electron chi connectivity index (χ3n) is 11.5. The fraction of sp³-hybridized carbons (Fsp3) is 0.658. The lowest BCUT2D eigenvalue weighted by Crippen LogP contribution is -2.49. The third-order valence-corrected chi connectivity index (χ3v) is 11.5. The molecule has 5 rings (SSSR count). The van der Waals surface area contributed by atoms with Gasteiger partial charge >= 0.3 is 0 Å². The van der Waals surface area contributed by atoms with E-state index in [1.165, 1.54) is 11.3 Å². The number of piperazine rings is 1. The molecule has 4 unspecified atom stereocenters. The van der Waals surface area contributed by atoms with Crippen molar-refractivity contribution >= 4 is 28.9 Å². The zero-order valence-electron chi connectivity index (χ0n) is 29.2. The summed E-state index contributed by atoms with van der Waals surface area (Å²) in [6, 6.07) is 9.94. The van der Waals surface area contributed by atoms with Gasteiger partial charge in [-0.05, 0) is 113 Å². The van der Waals surface area contributed by atoms with Crippen LogP contribution < -0.4 is 14.7 Å². The number of fused-ring (bicyclic) bond motifs is 1. The number of aromatic hydroxyl groups is 1. The van der Waals surface area contributed by atoms with E-state index in [-0.39, 0.29) is 22.9 Å². The maximum atomic E-state index is 14.0. The summed E-state index contributed by atoms with van der Waals surface area (Å²) in [6.07, 6.45) is 5.68. The van der Waals surface area contributed by atoms with Gasteiger partial charge in [0.1, 0.15) is 17.4 Å². The largest absolute Gasteiger partial charge is 0.508 e. The van der Waals surface area contributed by atoms with Gasteiger partial charge in [-0.3, -0.25) is 14.5 Å². The molecule has 252 valence electrons. The fourth-order valence-corrected chi connectivity index (χ4v) is 8.75. The van der Waals surface area contributed by atoms with Crippen molar-refractivity contribution in [3.05, 3.63) is 41.5 Å². The van der Waals surface area contributed by atoms with Gasteiger partial charge in [-0.25, -0.2) is 4.98 Å². The van der Waals surface area contributed by atoms with Crippen LogP contribution in [-0.2, 0) is 16.0 Å². The number of rotatable bonds is 13. The molecular weight excluding hydrogens is 574 g/mol. The van der Waals surface area contributed by atoms with E-state index in [9.17, 15) is 14.7 Å². The number of ketones is 2. The molecule has 3 fully saturated rings. The summed E-state index contributed by atoms with van der Waals surface area (Å²) in [7, 11) is 0. The number of carbonyl (C=O) groups is 2. The highest BCUT2D eigenvalue weighted by Crippen LogP contribution is 2.55. The van der Waals surface area contributed by atoms with Gasteiger partial charge in [-0.1, -0.05) is 19.4 Å². The van der Waals surface area contributed by atoms with Crippen LogP contribution in [0.5, 0.6) is 5.75 Å². The molecule has 1 aromatic heterocycles. The van der Waals surface area contributed by atoms with E-state index in [1.807, 2.05) is 12.1 Å². The molecule has 1 N–H and O–H groups in total. The van der Waals surface area contributed by atoms with Crippen molar-refractivity contribution < 1.29 is 14.7 Å². The molecule has 46 heavy (non-hydrogen) atoms. The fourth-order valence-electron chi connectivity index (χ4n) is 8.75. The van der Waals surface area contributed by atoms with E-state index < -0.39 is 5.92 Å². The second-order valence-electron chi connectivity index (χ2n) is 14.2. The van der Waals surface area contributed by atoms with Gasteiger partial charge in [0.05, 0.1) is 18.2 Å². The lowest BCUT2D eigenvalue weighted by atomic mass is 9.63. The first-order valence-electron chi connectivity index (χ1n) is 18.0. The SMILES string of the molecule is CCN(CC)c1ccc(N(CC)CC)c(N2CCN(CC(=O)C3CC4(C)CCCC(CCc5cc(O)ccc5C)C4C3=O)CC2)n1. The van der Waals surface area contributed by atoms with Gasteiger partial charge in [0.2, 0.25) is 0 Å². The number of Topliss-reactive ketones (excluding diaryl/α,β-unsaturated/α-hetero) is 2. The summed E-state index contributed by atoms with van der Waals surface area (Å²) < 4.78 is 0. The Bertz CT molecular complexity index is 1360. The monoisotopic (exact) mass is 631 g/mol. The molecule has 1 aliphatic heterocycles. The Morgan fingerprint density at radius 2 is 1.70 bits per heavy atom. The summed E-state index contributed by atoms with van der Waals surface area (Å²) in [5.41, 5.74) is 3.42. The Hall–Kier alpha value is -3.13. The summed E-state index contributed by atoms with van der Waals surface area (Å²) in [4.78, 5) is 42.3. The summed E-state index contributed by atoms with van der Waals surface area (Å²) in [5, 5.41) is 10.0. The molecule has 2 saturated carbocycles. The molecule has 3 aliphatic rings. The number of hydrogen-bond donors (Lipinski definition) is 1. The van der Waals surface area contributed by atoms with Crippen molar-refractivity contribution in [3.8, 4) is 5.75 Å². The lowest BCUT2D eigenvalue weighted by Gasteiger charge is -2.41. The number of aryl methyl sites for hydroxylation is 2. The highest BCUT2D eigenvalue weighted by molar-refractivity contribution is 6.06. The summed E-state index contributed by atoms with van der Waals surface area (Å²) in [6.45, 7) is 20.3. The smallest absolute Gasteiger partial charge is 0.157 e. The lowest BCUT2D eigenvalue weighted by molar-refractivity contribution is -0.134.